The Labute approximate surface area is 111 Å². The normalized spacial score (nSPS) is 17.7. The minimum atomic E-state index is -3.17. The molecule has 0 saturated carbocycles. The molecule has 106 valence electrons. The molecule has 0 amide bonds. The minimum absolute atomic E-state index is 0.0815. The number of benzene rings is 1. The predicted octanol–water partition coefficient (Wildman–Crippen LogP) is 1.44. The zero-order valence-corrected chi connectivity index (χ0v) is 11.5. The third-order valence-corrected chi connectivity index (χ3v) is 5.15. The van der Waals surface area contributed by atoms with Crippen LogP contribution in [-0.2, 0) is 10.0 Å². The van der Waals surface area contributed by atoms with E-state index < -0.39 is 21.7 Å². The van der Waals surface area contributed by atoms with Crippen molar-refractivity contribution in [2.24, 2.45) is 0 Å². The topological polar surface area (TPSA) is 40.6 Å². The van der Waals surface area contributed by atoms with E-state index in [9.17, 15) is 17.2 Å². The van der Waals surface area contributed by atoms with Gasteiger partial charge in [0.1, 0.15) is 0 Å². The lowest BCUT2D eigenvalue weighted by atomic mass is 10.2. The highest BCUT2D eigenvalue weighted by Crippen LogP contribution is 2.20. The number of nitrogens with zero attached hydrogens (tertiary/aromatic N) is 2. The zero-order valence-electron chi connectivity index (χ0n) is 10.6. The average Bonchev–Trinajstić information content (AvgIpc) is 2.42. The van der Waals surface area contributed by atoms with E-state index in [1.807, 2.05) is 4.90 Å². The second kappa shape index (κ2) is 5.42. The van der Waals surface area contributed by atoms with Gasteiger partial charge in [-0.2, -0.15) is 4.31 Å². The van der Waals surface area contributed by atoms with Crippen LogP contribution in [0.1, 0.15) is 6.92 Å². The molecule has 0 radical (unpaired) electrons. The van der Waals surface area contributed by atoms with Crippen molar-refractivity contribution in [1.29, 1.82) is 0 Å². The summed E-state index contributed by atoms with van der Waals surface area (Å²) in [4.78, 5) is 1.85. The number of hydrogen-bond donors (Lipinski definition) is 0. The molecule has 1 saturated heterocycles. The van der Waals surface area contributed by atoms with E-state index in [0.29, 0.717) is 31.9 Å². The van der Waals surface area contributed by atoms with Gasteiger partial charge in [0.2, 0.25) is 10.0 Å². The van der Waals surface area contributed by atoms with Crippen molar-refractivity contribution < 1.29 is 17.2 Å². The van der Waals surface area contributed by atoms with Crippen LogP contribution >= 0.6 is 0 Å². The first kappa shape index (κ1) is 14.2. The first-order chi connectivity index (χ1) is 8.94. The Kier molecular flexibility index (Phi) is 4.05. The molecule has 1 fully saturated rings. The lowest BCUT2D eigenvalue weighted by molar-refractivity contribution is 0.385. The molecule has 0 bridgehead atoms. The average molecular weight is 290 g/mol. The van der Waals surface area contributed by atoms with E-state index in [1.165, 1.54) is 10.4 Å². The first-order valence-corrected chi connectivity index (χ1v) is 7.73. The highest BCUT2D eigenvalue weighted by molar-refractivity contribution is 7.89. The van der Waals surface area contributed by atoms with E-state index in [0.717, 1.165) is 12.1 Å². The van der Waals surface area contributed by atoms with E-state index in [-0.39, 0.29) is 5.75 Å². The summed E-state index contributed by atoms with van der Waals surface area (Å²) in [6, 6.07) is 3.72. The highest BCUT2D eigenvalue weighted by atomic mass is 32.2. The van der Waals surface area contributed by atoms with E-state index >= 15 is 0 Å². The third-order valence-electron chi connectivity index (χ3n) is 3.27. The van der Waals surface area contributed by atoms with Crippen molar-refractivity contribution in [2.45, 2.75) is 6.92 Å². The molecule has 0 N–H and O–H groups in total. The summed E-state index contributed by atoms with van der Waals surface area (Å²) in [5.41, 5.74) is 0.576. The van der Waals surface area contributed by atoms with Gasteiger partial charge in [-0.05, 0) is 19.1 Å². The van der Waals surface area contributed by atoms with Crippen LogP contribution in [0.3, 0.4) is 0 Å². The lowest BCUT2D eigenvalue weighted by Crippen LogP contribution is -2.49. The third kappa shape index (κ3) is 3.03. The van der Waals surface area contributed by atoms with Crippen LogP contribution in [-0.4, -0.2) is 44.7 Å². The molecule has 7 heteroatoms. The van der Waals surface area contributed by atoms with Gasteiger partial charge in [-0.1, -0.05) is 0 Å². The Morgan fingerprint density at radius 3 is 2.26 bits per heavy atom. The van der Waals surface area contributed by atoms with Gasteiger partial charge in [0.25, 0.3) is 0 Å². The van der Waals surface area contributed by atoms with Crippen molar-refractivity contribution in [3.8, 4) is 0 Å². The van der Waals surface area contributed by atoms with Gasteiger partial charge >= 0.3 is 0 Å². The molecule has 4 nitrogen and oxygen atoms in total. The van der Waals surface area contributed by atoms with Gasteiger partial charge in [0, 0.05) is 37.9 Å². The van der Waals surface area contributed by atoms with Crippen LogP contribution in [0.5, 0.6) is 0 Å². The lowest BCUT2D eigenvalue weighted by Gasteiger charge is -2.35. The van der Waals surface area contributed by atoms with E-state index in [2.05, 4.69) is 0 Å². The second-order valence-electron chi connectivity index (χ2n) is 4.39. The molecule has 1 aliphatic rings. The van der Waals surface area contributed by atoms with Crippen LogP contribution in [0.15, 0.2) is 18.2 Å². The summed E-state index contributed by atoms with van der Waals surface area (Å²) in [6.45, 7) is 3.30. The summed E-state index contributed by atoms with van der Waals surface area (Å²) in [5, 5.41) is 0. The maximum absolute atomic E-state index is 13.1. The van der Waals surface area contributed by atoms with Crippen molar-refractivity contribution in [3.63, 3.8) is 0 Å². The summed E-state index contributed by atoms with van der Waals surface area (Å²) in [6.07, 6.45) is 0. The fourth-order valence-electron chi connectivity index (χ4n) is 2.09. The Hall–Kier alpha value is -1.21. The SMILES string of the molecule is CCS(=O)(=O)N1CCN(c2ccc(F)c(F)c2)CC1. The molecule has 0 aromatic heterocycles. The predicted molar refractivity (Wildman–Crippen MR) is 69.6 cm³/mol. The maximum Gasteiger partial charge on any atom is 0.213 e. The standard InChI is InChI=1S/C12H16F2N2O2S/c1-2-19(17,18)16-7-5-15(6-8-16)10-3-4-11(13)12(14)9-10/h3-4,9H,2,5-8H2,1H3. The molecular formula is C12H16F2N2O2S. The number of sulfonamides is 1. The largest absolute Gasteiger partial charge is 0.369 e. The summed E-state index contributed by atoms with van der Waals surface area (Å²) < 4.78 is 50.8. The highest BCUT2D eigenvalue weighted by Gasteiger charge is 2.25. The number of rotatable bonds is 3. The molecule has 0 spiro atoms. The molecule has 19 heavy (non-hydrogen) atoms. The van der Waals surface area contributed by atoms with Gasteiger partial charge in [-0.15, -0.1) is 0 Å². The molecule has 1 heterocycles. The zero-order chi connectivity index (χ0) is 14.0. The Morgan fingerprint density at radius 2 is 1.74 bits per heavy atom. The van der Waals surface area contributed by atoms with Crippen LogP contribution in [0.25, 0.3) is 0 Å². The van der Waals surface area contributed by atoms with Crippen LogP contribution < -0.4 is 4.90 Å². The number of piperazine rings is 1. The quantitative estimate of drug-likeness (QED) is 0.845. The number of anilines is 1. The van der Waals surface area contributed by atoms with E-state index in [1.54, 1.807) is 6.92 Å². The second-order valence-corrected chi connectivity index (χ2v) is 6.64. The molecule has 0 unspecified atom stereocenters. The summed E-state index contributed by atoms with van der Waals surface area (Å²) in [5.74, 6) is -1.69. The van der Waals surface area contributed by atoms with Crippen LogP contribution in [0.4, 0.5) is 14.5 Å². The maximum atomic E-state index is 13.1. The monoisotopic (exact) mass is 290 g/mol. The minimum Gasteiger partial charge on any atom is -0.369 e. The fraction of sp³-hybridized carbons (Fsp3) is 0.500. The fourth-order valence-corrected chi connectivity index (χ4v) is 3.17. The van der Waals surface area contributed by atoms with Gasteiger partial charge < -0.3 is 4.90 Å². The van der Waals surface area contributed by atoms with Gasteiger partial charge in [0.05, 0.1) is 5.75 Å². The molecule has 1 aromatic rings. The van der Waals surface area contributed by atoms with Gasteiger partial charge in [0.15, 0.2) is 11.6 Å². The summed E-state index contributed by atoms with van der Waals surface area (Å²) in [7, 11) is -3.17. The number of hydrogen-bond acceptors (Lipinski definition) is 3. The van der Waals surface area contributed by atoms with Crippen molar-refractivity contribution in [1.82, 2.24) is 4.31 Å². The van der Waals surface area contributed by atoms with E-state index in [4.69, 9.17) is 0 Å². The summed E-state index contributed by atoms with van der Waals surface area (Å²) >= 11 is 0. The van der Waals surface area contributed by atoms with Crippen molar-refractivity contribution >= 4 is 15.7 Å². The molecule has 1 aliphatic heterocycles. The Bertz CT molecular complexity index is 555. The van der Waals surface area contributed by atoms with Crippen LogP contribution in [0, 0.1) is 11.6 Å². The number of halogens is 2. The molecule has 2 rings (SSSR count). The molecule has 1 aromatic carbocycles. The van der Waals surface area contributed by atoms with Crippen LogP contribution in [0.2, 0.25) is 0 Å². The van der Waals surface area contributed by atoms with Gasteiger partial charge in [-0.25, -0.2) is 17.2 Å². The Morgan fingerprint density at radius 1 is 1.11 bits per heavy atom. The molecule has 0 atom stereocenters. The molecule has 0 aliphatic carbocycles. The molecular weight excluding hydrogens is 274 g/mol. The van der Waals surface area contributed by atoms with Crippen molar-refractivity contribution in [2.75, 3.05) is 36.8 Å². The van der Waals surface area contributed by atoms with Crippen molar-refractivity contribution in [3.05, 3.63) is 29.8 Å². The van der Waals surface area contributed by atoms with Gasteiger partial charge in [-0.3, -0.25) is 0 Å². The smallest absolute Gasteiger partial charge is 0.213 e. The Balaban J connectivity index is 2.06. The first-order valence-electron chi connectivity index (χ1n) is 6.12.